The first-order valence-corrected chi connectivity index (χ1v) is 7.62. The number of para-hydroxylation sites is 1. The van der Waals surface area contributed by atoms with Gasteiger partial charge in [0.05, 0.1) is 5.69 Å². The Bertz CT molecular complexity index is 507. The van der Waals surface area contributed by atoms with Crippen molar-refractivity contribution in [1.29, 1.82) is 0 Å². The van der Waals surface area contributed by atoms with Crippen molar-refractivity contribution in [3.05, 3.63) is 48.7 Å². The van der Waals surface area contributed by atoms with Gasteiger partial charge < -0.3 is 5.32 Å². The topological polar surface area (TPSA) is 24.9 Å². The van der Waals surface area contributed by atoms with Gasteiger partial charge in [0, 0.05) is 17.5 Å². The molecule has 0 spiro atoms. The first-order valence-electron chi connectivity index (χ1n) is 7.62. The van der Waals surface area contributed by atoms with E-state index in [-0.39, 0.29) is 0 Å². The summed E-state index contributed by atoms with van der Waals surface area (Å²) in [6.45, 7) is 5.05. The molecule has 1 N–H and O–H groups in total. The van der Waals surface area contributed by atoms with Crippen LogP contribution < -0.4 is 10.9 Å². The molecule has 0 unspecified atom stereocenters. The zero-order valence-electron chi connectivity index (χ0n) is 12.5. The van der Waals surface area contributed by atoms with E-state index in [0.717, 1.165) is 11.4 Å². The number of hydrogen-bond acceptors (Lipinski definition) is 2. The third-order valence-corrected chi connectivity index (χ3v) is 3.55. The maximum atomic E-state index is 4.65. The molecule has 2 nitrogen and oxygen atoms in total. The van der Waals surface area contributed by atoms with Crippen LogP contribution >= 0.6 is 0 Å². The molecule has 104 valence electrons. The standard InChI is InChI=1S/C17H23BN2/c1-3-12-18(13-4-2)17-16(11-8-14-19-17)20-15-9-6-5-7-10-15/h5-11,14,20H,3-4,12-13H2,1-2H3. The predicted molar refractivity (Wildman–Crippen MR) is 89.5 cm³/mol. The summed E-state index contributed by atoms with van der Waals surface area (Å²) >= 11 is 0. The molecular formula is C17H23BN2. The van der Waals surface area contributed by atoms with Gasteiger partial charge in [-0.25, -0.2) is 0 Å². The number of anilines is 2. The molecule has 0 bridgehead atoms. The molecule has 0 saturated heterocycles. The zero-order chi connectivity index (χ0) is 14.2. The molecular weight excluding hydrogens is 243 g/mol. The SMILES string of the molecule is CCCB(CCC)c1ncccc1Nc1ccccc1. The predicted octanol–water partition coefficient (Wildman–Crippen LogP) is 4.35. The van der Waals surface area contributed by atoms with Gasteiger partial charge in [0.25, 0.3) is 0 Å². The molecule has 0 saturated carbocycles. The quantitative estimate of drug-likeness (QED) is 0.754. The average Bonchev–Trinajstić information content (AvgIpc) is 2.49. The molecule has 1 aromatic heterocycles. The lowest BCUT2D eigenvalue weighted by molar-refractivity contribution is 1.01. The summed E-state index contributed by atoms with van der Waals surface area (Å²) in [5, 5.41) is 3.51. The van der Waals surface area contributed by atoms with Crippen molar-refractivity contribution in [2.75, 3.05) is 5.32 Å². The van der Waals surface area contributed by atoms with E-state index in [2.05, 4.69) is 42.3 Å². The van der Waals surface area contributed by atoms with Crippen LogP contribution in [0.2, 0.25) is 12.6 Å². The molecule has 1 heterocycles. The third-order valence-electron chi connectivity index (χ3n) is 3.55. The van der Waals surface area contributed by atoms with Crippen LogP contribution in [0.25, 0.3) is 0 Å². The summed E-state index contributed by atoms with van der Waals surface area (Å²) in [5.41, 5.74) is 3.47. The van der Waals surface area contributed by atoms with Crippen LogP contribution in [0.3, 0.4) is 0 Å². The summed E-state index contributed by atoms with van der Waals surface area (Å²) in [6.07, 6.45) is 6.71. The van der Waals surface area contributed by atoms with E-state index in [1.54, 1.807) is 0 Å². The van der Waals surface area contributed by atoms with Crippen LogP contribution in [0.1, 0.15) is 26.7 Å². The lowest BCUT2D eigenvalue weighted by atomic mass is 9.41. The van der Waals surface area contributed by atoms with Gasteiger partial charge in [-0.3, -0.25) is 4.98 Å². The van der Waals surface area contributed by atoms with E-state index in [4.69, 9.17) is 0 Å². The second kappa shape index (κ2) is 7.73. The highest BCUT2D eigenvalue weighted by Gasteiger charge is 2.19. The van der Waals surface area contributed by atoms with Gasteiger partial charge in [-0.05, 0) is 24.3 Å². The van der Waals surface area contributed by atoms with Crippen LogP contribution in [-0.2, 0) is 0 Å². The van der Waals surface area contributed by atoms with E-state index in [0.29, 0.717) is 6.71 Å². The Morgan fingerprint density at radius 3 is 2.30 bits per heavy atom. The van der Waals surface area contributed by atoms with Crippen molar-refractivity contribution >= 4 is 23.7 Å². The minimum absolute atomic E-state index is 0.553. The van der Waals surface area contributed by atoms with Gasteiger partial charge in [-0.1, -0.05) is 57.5 Å². The Morgan fingerprint density at radius 1 is 0.950 bits per heavy atom. The molecule has 0 aliphatic heterocycles. The Kier molecular flexibility index (Phi) is 5.66. The van der Waals surface area contributed by atoms with E-state index < -0.39 is 0 Å². The van der Waals surface area contributed by atoms with Gasteiger partial charge in [0.2, 0.25) is 6.71 Å². The fourth-order valence-electron chi connectivity index (χ4n) is 2.64. The molecule has 1 aromatic carbocycles. The third kappa shape index (κ3) is 3.86. The monoisotopic (exact) mass is 266 g/mol. The lowest BCUT2D eigenvalue weighted by Gasteiger charge is -2.16. The first-order chi connectivity index (χ1) is 9.85. The van der Waals surface area contributed by atoms with Crippen molar-refractivity contribution in [3.63, 3.8) is 0 Å². The number of rotatable bonds is 7. The second-order valence-corrected chi connectivity index (χ2v) is 5.20. The molecule has 3 heteroatoms. The maximum Gasteiger partial charge on any atom is 0.203 e. The average molecular weight is 266 g/mol. The molecule has 0 radical (unpaired) electrons. The minimum atomic E-state index is 0.553. The molecule has 0 aliphatic carbocycles. The van der Waals surface area contributed by atoms with Gasteiger partial charge in [-0.2, -0.15) is 0 Å². The normalized spacial score (nSPS) is 10.3. The van der Waals surface area contributed by atoms with Crippen molar-refractivity contribution < 1.29 is 0 Å². The molecule has 0 atom stereocenters. The number of nitrogens with zero attached hydrogens (tertiary/aromatic N) is 1. The number of nitrogens with one attached hydrogen (secondary N) is 1. The Balaban J connectivity index is 2.24. The number of hydrogen-bond donors (Lipinski definition) is 1. The van der Waals surface area contributed by atoms with Crippen molar-refractivity contribution in [2.45, 2.75) is 39.3 Å². The largest absolute Gasteiger partial charge is 0.355 e. The number of benzene rings is 1. The van der Waals surface area contributed by atoms with Crippen LogP contribution in [0.4, 0.5) is 11.4 Å². The van der Waals surface area contributed by atoms with Gasteiger partial charge in [-0.15, -0.1) is 0 Å². The highest BCUT2D eigenvalue weighted by molar-refractivity contribution is 6.73. The van der Waals surface area contributed by atoms with E-state index in [9.17, 15) is 0 Å². The molecule has 0 fully saturated rings. The van der Waals surface area contributed by atoms with Crippen LogP contribution in [0.15, 0.2) is 48.7 Å². The zero-order valence-corrected chi connectivity index (χ0v) is 12.5. The van der Waals surface area contributed by atoms with Gasteiger partial charge in [0.15, 0.2) is 0 Å². The summed E-state index contributed by atoms with van der Waals surface area (Å²) in [6, 6.07) is 14.4. The van der Waals surface area contributed by atoms with Crippen molar-refractivity contribution in [3.8, 4) is 0 Å². The summed E-state index contributed by atoms with van der Waals surface area (Å²) in [7, 11) is 0. The van der Waals surface area contributed by atoms with Gasteiger partial charge >= 0.3 is 0 Å². The van der Waals surface area contributed by atoms with E-state index >= 15 is 0 Å². The maximum absolute atomic E-state index is 4.65. The number of pyridine rings is 1. The molecule has 0 aliphatic rings. The Labute approximate surface area is 122 Å². The molecule has 20 heavy (non-hydrogen) atoms. The summed E-state index contributed by atoms with van der Waals surface area (Å²) in [4.78, 5) is 4.65. The highest BCUT2D eigenvalue weighted by Crippen LogP contribution is 2.16. The van der Waals surface area contributed by atoms with Crippen LogP contribution in [-0.4, -0.2) is 11.7 Å². The van der Waals surface area contributed by atoms with Crippen LogP contribution in [0, 0.1) is 0 Å². The molecule has 0 amide bonds. The number of aromatic nitrogens is 1. The van der Waals surface area contributed by atoms with E-state index in [1.807, 2.05) is 30.5 Å². The highest BCUT2D eigenvalue weighted by atomic mass is 14.9. The molecule has 2 rings (SSSR count). The Morgan fingerprint density at radius 2 is 1.65 bits per heavy atom. The van der Waals surface area contributed by atoms with E-state index in [1.165, 1.54) is 31.1 Å². The first kappa shape index (κ1) is 14.6. The minimum Gasteiger partial charge on any atom is -0.355 e. The lowest BCUT2D eigenvalue weighted by Crippen LogP contribution is -2.34. The van der Waals surface area contributed by atoms with Crippen molar-refractivity contribution in [1.82, 2.24) is 4.98 Å². The Hall–Kier alpha value is -1.77. The summed E-state index contributed by atoms with van der Waals surface area (Å²) in [5.74, 6) is 0. The fraction of sp³-hybridized carbons (Fsp3) is 0.353. The van der Waals surface area contributed by atoms with Gasteiger partial charge in [0.1, 0.15) is 0 Å². The summed E-state index contributed by atoms with van der Waals surface area (Å²) < 4.78 is 0. The molecule has 2 aromatic rings. The smallest absolute Gasteiger partial charge is 0.203 e. The second-order valence-electron chi connectivity index (χ2n) is 5.20. The fourth-order valence-corrected chi connectivity index (χ4v) is 2.64. The van der Waals surface area contributed by atoms with Crippen LogP contribution in [0.5, 0.6) is 0 Å². The van der Waals surface area contributed by atoms with Crippen molar-refractivity contribution in [2.24, 2.45) is 0 Å².